The van der Waals surface area contributed by atoms with E-state index in [0.717, 1.165) is 0 Å². The zero-order chi connectivity index (χ0) is 21.1. The highest BCUT2D eigenvalue weighted by atomic mass is 16.6. The van der Waals surface area contributed by atoms with Crippen molar-refractivity contribution in [2.45, 2.75) is 19.8 Å². The maximum Gasteiger partial charge on any atom is 0.271 e. The summed E-state index contributed by atoms with van der Waals surface area (Å²) in [5.74, 6) is -0.378. The van der Waals surface area contributed by atoms with Gasteiger partial charge in [0.05, 0.1) is 16.3 Å². The van der Waals surface area contributed by atoms with E-state index in [9.17, 15) is 24.5 Å². The molecule has 2 amide bonds. The summed E-state index contributed by atoms with van der Waals surface area (Å²) in [6, 6.07) is 8.97. The first-order valence-corrected chi connectivity index (χ1v) is 8.88. The average molecular weight is 397 g/mol. The topological polar surface area (TPSA) is 119 Å². The average Bonchev–Trinajstić information content (AvgIpc) is 2.70. The molecule has 1 N–H and O–H groups in total. The second kappa shape index (κ2) is 8.09. The summed E-state index contributed by atoms with van der Waals surface area (Å²) >= 11 is 0. The van der Waals surface area contributed by atoms with E-state index in [1.807, 2.05) is 0 Å². The van der Waals surface area contributed by atoms with Crippen LogP contribution in [0.15, 0.2) is 36.4 Å². The van der Waals surface area contributed by atoms with Gasteiger partial charge in [0, 0.05) is 37.6 Å². The summed E-state index contributed by atoms with van der Waals surface area (Å²) in [4.78, 5) is 48.2. The fraction of sp³-hybridized carbons (Fsp3) is 0.250. The minimum atomic E-state index is -0.541. The fourth-order valence-electron chi connectivity index (χ4n) is 2.89. The molecule has 0 unspecified atom stereocenters. The number of nitro groups is 1. The first-order chi connectivity index (χ1) is 13.8. The first kappa shape index (κ1) is 20.0. The van der Waals surface area contributed by atoms with E-state index in [-0.39, 0.29) is 36.8 Å². The van der Waals surface area contributed by atoms with Crippen LogP contribution in [-0.4, -0.2) is 36.2 Å². The molecule has 9 nitrogen and oxygen atoms in total. The number of ketones is 1. The third-order valence-electron chi connectivity index (χ3n) is 4.65. The van der Waals surface area contributed by atoms with Gasteiger partial charge in [-0.15, -0.1) is 0 Å². The van der Waals surface area contributed by atoms with Crippen LogP contribution in [0.1, 0.15) is 28.8 Å². The van der Waals surface area contributed by atoms with Crippen molar-refractivity contribution >= 4 is 34.7 Å². The number of carbonyl (C=O) groups excluding carboxylic acids is 3. The summed E-state index contributed by atoms with van der Waals surface area (Å²) in [6.07, 6.45) is -0.125. The molecule has 0 saturated heterocycles. The van der Waals surface area contributed by atoms with Crippen LogP contribution in [0.5, 0.6) is 5.75 Å². The maximum absolute atomic E-state index is 12.5. The molecule has 29 heavy (non-hydrogen) atoms. The second-order valence-electron chi connectivity index (χ2n) is 6.65. The van der Waals surface area contributed by atoms with E-state index in [2.05, 4.69) is 5.32 Å². The molecule has 0 saturated carbocycles. The van der Waals surface area contributed by atoms with E-state index in [4.69, 9.17) is 4.74 Å². The zero-order valence-corrected chi connectivity index (χ0v) is 15.9. The standard InChI is InChI=1S/C20H19N3O6/c1-12-3-5-14(23(27)28)10-15(12)21-19(25)8-6-17(24)13-4-7-18-16(9-13)22(2)20(26)11-29-18/h3-5,7,9-10H,6,8,11H2,1-2H3,(H,21,25). The van der Waals surface area contributed by atoms with Crippen molar-refractivity contribution in [3.8, 4) is 5.75 Å². The normalized spacial score (nSPS) is 12.8. The van der Waals surface area contributed by atoms with Gasteiger partial charge < -0.3 is 15.0 Å². The van der Waals surface area contributed by atoms with E-state index < -0.39 is 10.8 Å². The number of rotatable bonds is 6. The van der Waals surface area contributed by atoms with Crippen LogP contribution in [0.4, 0.5) is 17.1 Å². The van der Waals surface area contributed by atoms with Crippen LogP contribution in [0.25, 0.3) is 0 Å². The predicted octanol–water partition coefficient (Wildman–Crippen LogP) is 2.86. The molecule has 2 aromatic rings. The van der Waals surface area contributed by atoms with Crippen LogP contribution in [0.2, 0.25) is 0 Å². The number of hydrogen-bond donors (Lipinski definition) is 1. The van der Waals surface area contributed by atoms with Crippen LogP contribution >= 0.6 is 0 Å². The monoisotopic (exact) mass is 397 g/mol. The number of benzene rings is 2. The Kier molecular flexibility index (Phi) is 5.58. The van der Waals surface area contributed by atoms with Crippen molar-refractivity contribution in [2.24, 2.45) is 0 Å². The number of amides is 2. The van der Waals surface area contributed by atoms with E-state index in [1.165, 1.54) is 17.0 Å². The van der Waals surface area contributed by atoms with Crippen LogP contribution < -0.4 is 15.0 Å². The minimum absolute atomic E-state index is 0.0445. The number of nitrogens with one attached hydrogen (secondary N) is 1. The molecule has 2 aromatic carbocycles. The summed E-state index contributed by atoms with van der Waals surface area (Å²) in [7, 11) is 1.60. The summed E-state index contributed by atoms with van der Waals surface area (Å²) in [5.41, 5.74) is 1.76. The SMILES string of the molecule is Cc1ccc([N+](=O)[O-])cc1NC(=O)CCC(=O)c1ccc2c(c1)N(C)C(=O)CO2. The van der Waals surface area contributed by atoms with Gasteiger partial charge in [-0.05, 0) is 30.7 Å². The van der Waals surface area contributed by atoms with Crippen molar-refractivity contribution in [1.82, 2.24) is 0 Å². The lowest BCUT2D eigenvalue weighted by Gasteiger charge is -2.26. The number of nitro benzene ring substituents is 1. The molecule has 9 heteroatoms. The molecule has 1 aliphatic heterocycles. The molecule has 3 rings (SSSR count). The van der Waals surface area contributed by atoms with Gasteiger partial charge in [-0.3, -0.25) is 24.5 Å². The van der Waals surface area contributed by atoms with Gasteiger partial charge in [-0.2, -0.15) is 0 Å². The van der Waals surface area contributed by atoms with Gasteiger partial charge >= 0.3 is 0 Å². The lowest BCUT2D eigenvalue weighted by atomic mass is 10.0. The summed E-state index contributed by atoms with van der Waals surface area (Å²) < 4.78 is 5.33. The third kappa shape index (κ3) is 4.40. The number of carbonyl (C=O) groups is 3. The molecule has 1 heterocycles. The zero-order valence-electron chi connectivity index (χ0n) is 15.9. The van der Waals surface area contributed by atoms with Crippen molar-refractivity contribution in [3.05, 3.63) is 57.6 Å². The molecule has 150 valence electrons. The van der Waals surface area contributed by atoms with Crippen molar-refractivity contribution in [1.29, 1.82) is 0 Å². The number of non-ortho nitro benzene ring substituents is 1. The number of aryl methyl sites for hydroxylation is 1. The van der Waals surface area contributed by atoms with E-state index >= 15 is 0 Å². The highest BCUT2D eigenvalue weighted by Gasteiger charge is 2.23. The van der Waals surface area contributed by atoms with E-state index in [1.54, 1.807) is 38.2 Å². The second-order valence-corrected chi connectivity index (χ2v) is 6.65. The third-order valence-corrected chi connectivity index (χ3v) is 4.65. The maximum atomic E-state index is 12.5. The van der Waals surface area contributed by atoms with Crippen LogP contribution in [0, 0.1) is 17.0 Å². The number of hydrogen-bond acceptors (Lipinski definition) is 6. The van der Waals surface area contributed by atoms with Gasteiger partial charge in [0.1, 0.15) is 5.75 Å². The predicted molar refractivity (Wildman–Crippen MR) is 105 cm³/mol. The molecule has 0 bridgehead atoms. The van der Waals surface area contributed by atoms with E-state index in [0.29, 0.717) is 28.3 Å². The molecule has 0 atom stereocenters. The number of likely N-dealkylation sites (N-methyl/N-ethyl adjacent to an activating group) is 1. The Morgan fingerprint density at radius 3 is 2.69 bits per heavy atom. The molecule has 0 aromatic heterocycles. The lowest BCUT2D eigenvalue weighted by Crippen LogP contribution is -2.35. The summed E-state index contributed by atoms with van der Waals surface area (Å²) in [6.45, 7) is 1.67. The Balaban J connectivity index is 1.64. The minimum Gasteiger partial charge on any atom is -0.482 e. The van der Waals surface area contributed by atoms with Gasteiger partial charge in [-0.1, -0.05) is 6.07 Å². The largest absolute Gasteiger partial charge is 0.482 e. The summed E-state index contributed by atoms with van der Waals surface area (Å²) in [5, 5.41) is 13.5. The van der Waals surface area contributed by atoms with Crippen LogP contribution in [0.3, 0.4) is 0 Å². The Bertz CT molecular complexity index is 1020. The Hall–Kier alpha value is -3.75. The van der Waals surface area contributed by atoms with Crippen molar-refractivity contribution in [3.63, 3.8) is 0 Å². The molecule has 0 aliphatic carbocycles. The Morgan fingerprint density at radius 2 is 1.97 bits per heavy atom. The number of nitrogens with zero attached hydrogens (tertiary/aromatic N) is 2. The van der Waals surface area contributed by atoms with Gasteiger partial charge in [0.15, 0.2) is 12.4 Å². The van der Waals surface area contributed by atoms with Gasteiger partial charge in [0.2, 0.25) is 5.91 Å². The molecule has 0 fully saturated rings. The van der Waals surface area contributed by atoms with Crippen molar-refractivity contribution < 1.29 is 24.0 Å². The highest BCUT2D eigenvalue weighted by molar-refractivity contribution is 6.03. The van der Waals surface area contributed by atoms with Gasteiger partial charge in [0.25, 0.3) is 11.6 Å². The number of anilines is 2. The smallest absolute Gasteiger partial charge is 0.271 e. The number of Topliss-reactive ketones (excluding diaryl/α,β-unsaturated/α-hetero) is 1. The van der Waals surface area contributed by atoms with Crippen LogP contribution in [-0.2, 0) is 9.59 Å². The quantitative estimate of drug-likeness (QED) is 0.455. The molecule has 0 spiro atoms. The number of fused-ring (bicyclic) bond motifs is 1. The molecular formula is C20H19N3O6. The Morgan fingerprint density at radius 1 is 1.21 bits per heavy atom. The van der Waals surface area contributed by atoms with Gasteiger partial charge in [-0.25, -0.2) is 0 Å². The lowest BCUT2D eigenvalue weighted by molar-refractivity contribution is -0.384. The van der Waals surface area contributed by atoms with Crippen molar-refractivity contribution in [2.75, 3.05) is 23.9 Å². The number of ether oxygens (including phenoxy) is 1. The first-order valence-electron chi connectivity index (χ1n) is 8.88. The molecular weight excluding hydrogens is 378 g/mol. The molecule has 0 radical (unpaired) electrons. The molecule has 1 aliphatic rings. The Labute approximate surface area is 166 Å². The highest BCUT2D eigenvalue weighted by Crippen LogP contribution is 2.32. The fourth-order valence-corrected chi connectivity index (χ4v) is 2.89.